The Labute approximate surface area is 138 Å². The fourth-order valence-electron chi connectivity index (χ4n) is 3.99. The minimum Gasteiger partial charge on any atom is -0.381 e. The highest BCUT2D eigenvalue weighted by atomic mass is 19.3. The summed E-state index contributed by atoms with van der Waals surface area (Å²) in [6.07, 6.45) is 5.20. The van der Waals surface area contributed by atoms with Crippen molar-refractivity contribution in [2.24, 2.45) is 0 Å². The summed E-state index contributed by atoms with van der Waals surface area (Å²) in [5.41, 5.74) is 2.08. The molecular weight excluding hydrogens is 316 g/mol. The second kappa shape index (κ2) is 6.25. The molecular formula is C16H21F2N5O. The van der Waals surface area contributed by atoms with E-state index in [1.165, 1.54) is 5.69 Å². The van der Waals surface area contributed by atoms with Gasteiger partial charge in [0.15, 0.2) is 0 Å². The van der Waals surface area contributed by atoms with Crippen molar-refractivity contribution >= 4 is 0 Å². The van der Waals surface area contributed by atoms with Crippen molar-refractivity contribution in [2.75, 3.05) is 19.8 Å². The molecule has 0 bridgehead atoms. The van der Waals surface area contributed by atoms with E-state index >= 15 is 0 Å². The van der Waals surface area contributed by atoms with Crippen LogP contribution in [0.5, 0.6) is 0 Å². The predicted octanol–water partition coefficient (Wildman–Crippen LogP) is 1.94. The molecule has 2 aliphatic rings. The molecule has 0 atom stereocenters. The molecule has 4 rings (SSSR count). The normalized spacial score (nSPS) is 20.6. The molecule has 1 N–H and O–H groups in total. The van der Waals surface area contributed by atoms with Crippen molar-refractivity contribution < 1.29 is 13.5 Å². The summed E-state index contributed by atoms with van der Waals surface area (Å²) >= 11 is 0. The van der Waals surface area contributed by atoms with Crippen LogP contribution in [0.15, 0.2) is 18.7 Å². The van der Waals surface area contributed by atoms with E-state index in [0.717, 1.165) is 31.5 Å². The molecule has 0 unspecified atom stereocenters. The number of aromatic amines is 1. The topological polar surface area (TPSA) is 59.0 Å². The van der Waals surface area contributed by atoms with Gasteiger partial charge in [-0.05, 0) is 12.8 Å². The van der Waals surface area contributed by atoms with Crippen LogP contribution in [0.2, 0.25) is 0 Å². The van der Waals surface area contributed by atoms with Gasteiger partial charge in [-0.15, -0.1) is 0 Å². The van der Waals surface area contributed by atoms with Gasteiger partial charge in [-0.25, -0.2) is 18.7 Å². The lowest BCUT2D eigenvalue weighted by molar-refractivity contribution is -0.0466. The van der Waals surface area contributed by atoms with Gasteiger partial charge in [0.25, 0.3) is 6.43 Å². The smallest absolute Gasteiger partial charge is 0.256 e. The van der Waals surface area contributed by atoms with Gasteiger partial charge in [-0.2, -0.15) is 0 Å². The number of ether oxygens (including phenoxy) is 1. The number of rotatable bonds is 4. The maximum atomic E-state index is 12.8. The molecule has 130 valence electrons. The Hall–Kier alpha value is -1.80. The third-order valence-corrected chi connectivity index (χ3v) is 5.18. The number of aromatic nitrogens is 4. The molecule has 0 aliphatic carbocycles. The molecule has 0 radical (unpaired) electrons. The molecule has 0 aromatic carbocycles. The number of hydrogen-bond acceptors (Lipinski definition) is 4. The molecule has 1 saturated heterocycles. The largest absolute Gasteiger partial charge is 0.381 e. The van der Waals surface area contributed by atoms with Gasteiger partial charge < -0.3 is 14.3 Å². The van der Waals surface area contributed by atoms with Crippen molar-refractivity contribution in [2.45, 2.75) is 44.3 Å². The lowest BCUT2D eigenvalue weighted by Crippen LogP contribution is -2.53. The number of alkyl halides is 2. The molecule has 2 aromatic heterocycles. The van der Waals surface area contributed by atoms with Crippen LogP contribution in [0.4, 0.5) is 8.78 Å². The molecule has 0 saturated carbocycles. The SMILES string of the molecule is FC(F)Cn1ccnc1CN1CCc2[nH]cnc2C12CCOCC2. The summed E-state index contributed by atoms with van der Waals surface area (Å²) in [5.74, 6) is 0.681. The van der Waals surface area contributed by atoms with E-state index in [2.05, 4.69) is 19.9 Å². The average Bonchev–Trinajstić information content (AvgIpc) is 3.21. The second-order valence-corrected chi connectivity index (χ2v) is 6.43. The van der Waals surface area contributed by atoms with Crippen LogP contribution in [0.3, 0.4) is 0 Å². The number of fused-ring (bicyclic) bond motifs is 2. The van der Waals surface area contributed by atoms with E-state index in [9.17, 15) is 8.78 Å². The third kappa shape index (κ3) is 2.63. The van der Waals surface area contributed by atoms with Crippen molar-refractivity contribution in [3.63, 3.8) is 0 Å². The molecule has 1 spiro atoms. The van der Waals surface area contributed by atoms with E-state index < -0.39 is 6.43 Å². The van der Waals surface area contributed by atoms with E-state index in [0.29, 0.717) is 25.6 Å². The monoisotopic (exact) mass is 337 g/mol. The summed E-state index contributed by atoms with van der Waals surface area (Å²) in [4.78, 5) is 14.5. The van der Waals surface area contributed by atoms with Crippen LogP contribution in [0.25, 0.3) is 0 Å². The zero-order chi connectivity index (χ0) is 16.6. The number of halogens is 2. The summed E-state index contributed by atoms with van der Waals surface area (Å²) in [6.45, 7) is 2.47. The first kappa shape index (κ1) is 15.7. The van der Waals surface area contributed by atoms with Gasteiger partial charge in [-0.1, -0.05) is 0 Å². The van der Waals surface area contributed by atoms with Crippen LogP contribution in [0.1, 0.15) is 30.1 Å². The Bertz CT molecular complexity index is 692. The molecule has 24 heavy (non-hydrogen) atoms. The average molecular weight is 337 g/mol. The van der Waals surface area contributed by atoms with Crippen LogP contribution >= 0.6 is 0 Å². The predicted molar refractivity (Wildman–Crippen MR) is 82.7 cm³/mol. The third-order valence-electron chi connectivity index (χ3n) is 5.18. The number of nitrogens with zero attached hydrogens (tertiary/aromatic N) is 4. The lowest BCUT2D eigenvalue weighted by atomic mass is 9.80. The van der Waals surface area contributed by atoms with Crippen molar-refractivity contribution in [3.05, 3.63) is 35.9 Å². The maximum Gasteiger partial charge on any atom is 0.256 e. The zero-order valence-corrected chi connectivity index (χ0v) is 13.4. The van der Waals surface area contributed by atoms with Crippen molar-refractivity contribution in [3.8, 4) is 0 Å². The quantitative estimate of drug-likeness (QED) is 0.926. The molecule has 4 heterocycles. The minimum atomic E-state index is -2.38. The zero-order valence-electron chi connectivity index (χ0n) is 13.4. The molecule has 6 nitrogen and oxygen atoms in total. The van der Waals surface area contributed by atoms with Gasteiger partial charge in [0, 0.05) is 44.3 Å². The Morgan fingerprint density at radius 2 is 2.12 bits per heavy atom. The molecule has 0 amide bonds. The second-order valence-electron chi connectivity index (χ2n) is 6.43. The van der Waals surface area contributed by atoms with Crippen molar-refractivity contribution in [1.82, 2.24) is 24.4 Å². The Morgan fingerprint density at radius 3 is 2.92 bits per heavy atom. The van der Waals surface area contributed by atoms with Crippen LogP contribution in [-0.4, -0.2) is 50.6 Å². The first-order valence-electron chi connectivity index (χ1n) is 8.33. The van der Waals surface area contributed by atoms with Crippen molar-refractivity contribution in [1.29, 1.82) is 0 Å². The molecule has 2 aromatic rings. The highest BCUT2D eigenvalue weighted by molar-refractivity contribution is 5.26. The summed E-state index contributed by atoms with van der Waals surface area (Å²) in [5, 5.41) is 0. The molecule has 1 fully saturated rings. The van der Waals surface area contributed by atoms with E-state index in [1.807, 2.05) is 0 Å². The number of H-pyrrole nitrogens is 1. The van der Waals surface area contributed by atoms with Gasteiger partial charge in [0.2, 0.25) is 0 Å². The van der Waals surface area contributed by atoms with Crippen LogP contribution in [-0.2, 0) is 29.8 Å². The maximum absolute atomic E-state index is 12.8. The number of nitrogens with one attached hydrogen (secondary N) is 1. The van der Waals surface area contributed by atoms with E-state index in [1.54, 1.807) is 23.3 Å². The summed E-state index contributed by atoms with van der Waals surface area (Å²) in [7, 11) is 0. The number of imidazole rings is 2. The van der Waals surface area contributed by atoms with E-state index in [4.69, 9.17) is 4.74 Å². The summed E-state index contributed by atoms with van der Waals surface area (Å²) in [6, 6.07) is 0. The standard InChI is InChI=1S/C16H21F2N5O/c17-13(18)9-22-6-4-19-14(22)10-23-5-1-12-15(21-11-20-12)16(23)2-7-24-8-3-16/h4,6,11,13H,1-3,5,7-10H2,(H,20,21). The highest BCUT2D eigenvalue weighted by Crippen LogP contribution is 2.42. The highest BCUT2D eigenvalue weighted by Gasteiger charge is 2.45. The molecule has 8 heteroatoms. The molecule has 2 aliphatic heterocycles. The fraction of sp³-hybridized carbons (Fsp3) is 0.625. The van der Waals surface area contributed by atoms with Crippen LogP contribution < -0.4 is 0 Å². The first-order valence-corrected chi connectivity index (χ1v) is 8.33. The van der Waals surface area contributed by atoms with Gasteiger partial charge in [-0.3, -0.25) is 4.90 Å². The first-order chi connectivity index (χ1) is 11.7. The Morgan fingerprint density at radius 1 is 1.29 bits per heavy atom. The van der Waals surface area contributed by atoms with Crippen LogP contribution in [0, 0.1) is 0 Å². The lowest BCUT2D eigenvalue weighted by Gasteiger charge is -2.48. The fourth-order valence-corrected chi connectivity index (χ4v) is 3.99. The Kier molecular flexibility index (Phi) is 4.09. The van der Waals surface area contributed by atoms with Gasteiger partial charge in [0.1, 0.15) is 5.82 Å². The Balaban J connectivity index is 1.64. The van der Waals surface area contributed by atoms with Gasteiger partial charge >= 0.3 is 0 Å². The number of hydrogen-bond donors (Lipinski definition) is 1. The summed E-state index contributed by atoms with van der Waals surface area (Å²) < 4.78 is 32.7. The minimum absolute atomic E-state index is 0.187. The van der Waals surface area contributed by atoms with E-state index in [-0.39, 0.29) is 12.1 Å². The van der Waals surface area contributed by atoms with Gasteiger partial charge in [0.05, 0.1) is 30.6 Å².